The maximum absolute atomic E-state index is 12.1. The molecule has 0 aromatic heterocycles. The van der Waals surface area contributed by atoms with Crippen LogP contribution in [0.4, 0.5) is 0 Å². The molecular weight excluding hydrogens is 258 g/mol. The SMILES string of the molecule is COc1cccc(CC(=O)NC2(CO)CCOCC2)c1. The average Bonchev–Trinajstić information content (AvgIpc) is 2.48. The van der Waals surface area contributed by atoms with Gasteiger partial charge in [-0.25, -0.2) is 0 Å². The maximum atomic E-state index is 12.1. The molecule has 0 radical (unpaired) electrons. The van der Waals surface area contributed by atoms with Crippen molar-refractivity contribution in [1.82, 2.24) is 5.32 Å². The molecule has 0 spiro atoms. The summed E-state index contributed by atoms with van der Waals surface area (Å²) in [6.07, 6.45) is 1.57. The third-order valence-electron chi connectivity index (χ3n) is 3.66. The van der Waals surface area contributed by atoms with Gasteiger partial charge in [-0.2, -0.15) is 0 Å². The van der Waals surface area contributed by atoms with E-state index in [1.54, 1.807) is 7.11 Å². The number of ether oxygens (including phenoxy) is 2. The summed E-state index contributed by atoms with van der Waals surface area (Å²) >= 11 is 0. The molecule has 1 aromatic rings. The van der Waals surface area contributed by atoms with E-state index in [1.165, 1.54) is 0 Å². The van der Waals surface area contributed by atoms with Gasteiger partial charge in [0.1, 0.15) is 5.75 Å². The van der Waals surface area contributed by atoms with Gasteiger partial charge in [-0.1, -0.05) is 12.1 Å². The monoisotopic (exact) mass is 279 g/mol. The first-order chi connectivity index (χ1) is 9.67. The van der Waals surface area contributed by atoms with E-state index in [0.29, 0.717) is 26.1 Å². The van der Waals surface area contributed by atoms with Crippen LogP contribution in [0.5, 0.6) is 5.75 Å². The number of amides is 1. The van der Waals surface area contributed by atoms with Crippen molar-refractivity contribution in [3.05, 3.63) is 29.8 Å². The Labute approximate surface area is 118 Å². The maximum Gasteiger partial charge on any atom is 0.224 e. The summed E-state index contributed by atoms with van der Waals surface area (Å²) in [7, 11) is 1.60. The zero-order valence-electron chi connectivity index (χ0n) is 11.7. The fraction of sp³-hybridized carbons (Fsp3) is 0.533. The number of methoxy groups -OCH3 is 1. The smallest absolute Gasteiger partial charge is 0.224 e. The van der Waals surface area contributed by atoms with E-state index < -0.39 is 5.54 Å². The highest BCUT2D eigenvalue weighted by Gasteiger charge is 2.33. The van der Waals surface area contributed by atoms with Gasteiger partial charge in [-0.05, 0) is 30.5 Å². The molecule has 2 rings (SSSR count). The summed E-state index contributed by atoms with van der Waals surface area (Å²) in [6, 6.07) is 7.43. The lowest BCUT2D eigenvalue weighted by Gasteiger charge is -2.36. The molecule has 1 amide bonds. The Kier molecular flexibility index (Phi) is 4.98. The summed E-state index contributed by atoms with van der Waals surface area (Å²) in [6.45, 7) is 1.08. The van der Waals surface area contributed by atoms with Gasteiger partial charge in [0.25, 0.3) is 0 Å². The lowest BCUT2D eigenvalue weighted by atomic mass is 9.90. The first kappa shape index (κ1) is 14.8. The predicted octanol–water partition coefficient (Wildman–Crippen LogP) is 0.895. The fourth-order valence-electron chi connectivity index (χ4n) is 2.39. The Balaban J connectivity index is 1.97. The molecular formula is C15H21NO4. The minimum absolute atomic E-state index is 0.0553. The molecule has 0 saturated carbocycles. The highest BCUT2D eigenvalue weighted by Crippen LogP contribution is 2.20. The van der Waals surface area contributed by atoms with Crippen molar-refractivity contribution in [2.45, 2.75) is 24.8 Å². The van der Waals surface area contributed by atoms with Gasteiger partial charge in [0, 0.05) is 13.2 Å². The minimum Gasteiger partial charge on any atom is -0.497 e. The number of aliphatic hydroxyl groups is 1. The van der Waals surface area contributed by atoms with Crippen LogP contribution in [0, 0.1) is 0 Å². The first-order valence-corrected chi connectivity index (χ1v) is 6.80. The molecule has 1 aliphatic heterocycles. The number of rotatable bonds is 5. The van der Waals surface area contributed by atoms with Gasteiger partial charge in [0.05, 0.1) is 25.7 Å². The Morgan fingerprint density at radius 3 is 2.85 bits per heavy atom. The zero-order valence-corrected chi connectivity index (χ0v) is 11.7. The topological polar surface area (TPSA) is 67.8 Å². The molecule has 0 unspecified atom stereocenters. The van der Waals surface area contributed by atoms with Crippen molar-refractivity contribution >= 4 is 5.91 Å². The lowest BCUT2D eigenvalue weighted by Crippen LogP contribution is -2.55. The summed E-state index contributed by atoms with van der Waals surface area (Å²) in [5.41, 5.74) is 0.357. The minimum atomic E-state index is -0.534. The normalized spacial score (nSPS) is 17.5. The van der Waals surface area contributed by atoms with Crippen molar-refractivity contribution in [2.24, 2.45) is 0 Å². The van der Waals surface area contributed by atoms with Gasteiger partial charge in [-0.15, -0.1) is 0 Å². The van der Waals surface area contributed by atoms with Crippen LogP contribution in [-0.4, -0.2) is 43.5 Å². The highest BCUT2D eigenvalue weighted by molar-refractivity contribution is 5.79. The average molecular weight is 279 g/mol. The summed E-state index contributed by atoms with van der Waals surface area (Å²) in [5.74, 6) is 0.646. The van der Waals surface area contributed by atoms with Crippen LogP contribution in [0.3, 0.4) is 0 Å². The van der Waals surface area contributed by atoms with Crippen molar-refractivity contribution in [2.75, 3.05) is 26.9 Å². The van der Waals surface area contributed by atoms with E-state index in [-0.39, 0.29) is 18.9 Å². The summed E-state index contributed by atoms with van der Waals surface area (Å²) < 4.78 is 10.4. The van der Waals surface area contributed by atoms with Crippen LogP contribution in [0.25, 0.3) is 0 Å². The number of aliphatic hydroxyl groups excluding tert-OH is 1. The Hall–Kier alpha value is -1.59. The van der Waals surface area contributed by atoms with Crippen LogP contribution in [0.1, 0.15) is 18.4 Å². The van der Waals surface area contributed by atoms with Crippen LogP contribution in [-0.2, 0) is 16.0 Å². The largest absolute Gasteiger partial charge is 0.497 e. The van der Waals surface area contributed by atoms with Crippen molar-refractivity contribution in [3.8, 4) is 5.75 Å². The van der Waals surface area contributed by atoms with Gasteiger partial charge < -0.3 is 19.9 Å². The third-order valence-corrected chi connectivity index (χ3v) is 3.66. The number of carbonyl (C=O) groups excluding carboxylic acids is 1. The van der Waals surface area contributed by atoms with E-state index in [2.05, 4.69) is 5.32 Å². The Bertz CT molecular complexity index is 455. The summed E-state index contributed by atoms with van der Waals surface area (Å²) in [4.78, 5) is 12.1. The molecule has 2 N–H and O–H groups in total. The molecule has 1 heterocycles. The van der Waals surface area contributed by atoms with E-state index in [9.17, 15) is 9.90 Å². The van der Waals surface area contributed by atoms with Crippen molar-refractivity contribution < 1.29 is 19.4 Å². The van der Waals surface area contributed by atoms with Crippen LogP contribution in [0.15, 0.2) is 24.3 Å². The zero-order chi connectivity index (χ0) is 14.4. The second-order valence-electron chi connectivity index (χ2n) is 5.13. The molecule has 110 valence electrons. The molecule has 0 aliphatic carbocycles. The van der Waals surface area contributed by atoms with E-state index in [0.717, 1.165) is 11.3 Å². The molecule has 5 heteroatoms. The van der Waals surface area contributed by atoms with E-state index in [4.69, 9.17) is 9.47 Å². The van der Waals surface area contributed by atoms with Gasteiger partial charge in [0.2, 0.25) is 5.91 Å². The number of benzene rings is 1. The van der Waals surface area contributed by atoms with Gasteiger partial charge >= 0.3 is 0 Å². The molecule has 20 heavy (non-hydrogen) atoms. The molecule has 0 atom stereocenters. The second kappa shape index (κ2) is 6.72. The number of hydrogen-bond donors (Lipinski definition) is 2. The van der Waals surface area contributed by atoms with Crippen molar-refractivity contribution in [1.29, 1.82) is 0 Å². The molecule has 0 bridgehead atoms. The molecule has 1 saturated heterocycles. The highest BCUT2D eigenvalue weighted by atomic mass is 16.5. The molecule has 1 aromatic carbocycles. The van der Waals surface area contributed by atoms with Crippen LogP contribution < -0.4 is 10.1 Å². The quantitative estimate of drug-likeness (QED) is 0.840. The Morgan fingerprint density at radius 1 is 1.45 bits per heavy atom. The van der Waals surface area contributed by atoms with Crippen LogP contribution in [0.2, 0.25) is 0 Å². The van der Waals surface area contributed by atoms with Gasteiger partial charge in [0.15, 0.2) is 0 Å². The predicted molar refractivity (Wildman–Crippen MR) is 74.7 cm³/mol. The summed E-state index contributed by atoms with van der Waals surface area (Å²) in [5, 5.41) is 12.5. The molecule has 1 fully saturated rings. The molecule has 5 nitrogen and oxygen atoms in total. The number of hydrogen-bond acceptors (Lipinski definition) is 4. The lowest BCUT2D eigenvalue weighted by molar-refractivity contribution is -0.124. The number of carbonyl (C=O) groups is 1. The molecule has 1 aliphatic rings. The van der Waals surface area contributed by atoms with Crippen molar-refractivity contribution in [3.63, 3.8) is 0 Å². The number of nitrogens with one attached hydrogen (secondary N) is 1. The fourth-order valence-corrected chi connectivity index (χ4v) is 2.39. The Morgan fingerprint density at radius 2 is 2.20 bits per heavy atom. The second-order valence-corrected chi connectivity index (χ2v) is 5.13. The third kappa shape index (κ3) is 3.71. The van der Waals surface area contributed by atoms with E-state index >= 15 is 0 Å². The van der Waals surface area contributed by atoms with Crippen LogP contribution >= 0.6 is 0 Å². The van der Waals surface area contributed by atoms with Gasteiger partial charge in [-0.3, -0.25) is 4.79 Å². The standard InChI is InChI=1S/C15H21NO4/c1-19-13-4-2-3-12(9-13)10-14(18)16-15(11-17)5-7-20-8-6-15/h2-4,9,17H,5-8,10-11H2,1H3,(H,16,18). The van der Waals surface area contributed by atoms with E-state index in [1.807, 2.05) is 24.3 Å². The first-order valence-electron chi connectivity index (χ1n) is 6.80.